The first-order chi connectivity index (χ1) is 12.8. The van der Waals surface area contributed by atoms with Crippen LogP contribution < -0.4 is 15.5 Å². The molecule has 0 unspecified atom stereocenters. The molecule has 0 aliphatic carbocycles. The summed E-state index contributed by atoms with van der Waals surface area (Å²) >= 11 is 0. The van der Waals surface area contributed by atoms with Crippen molar-refractivity contribution in [2.45, 2.75) is 19.3 Å². The van der Waals surface area contributed by atoms with Gasteiger partial charge >= 0.3 is 0 Å². The number of hydrogen-bond donors (Lipinski definition) is 2. The number of pyridine rings is 1. The Hall–Kier alpha value is -2.60. The largest absolute Gasteiger partial charge is 0.383 e. The molecular weight excluding hydrogens is 328 g/mol. The van der Waals surface area contributed by atoms with E-state index < -0.39 is 0 Å². The highest BCUT2D eigenvalue weighted by Gasteiger charge is 2.11. The topological polar surface area (TPSA) is 66.5 Å². The van der Waals surface area contributed by atoms with Gasteiger partial charge in [0.2, 0.25) is 0 Å². The van der Waals surface area contributed by atoms with E-state index in [1.165, 1.54) is 24.9 Å². The fourth-order valence-electron chi connectivity index (χ4n) is 3.03. The molecule has 0 atom stereocenters. The lowest BCUT2D eigenvalue weighted by Gasteiger charge is -2.28. The van der Waals surface area contributed by atoms with Crippen molar-refractivity contribution in [1.29, 1.82) is 0 Å². The number of benzene rings is 1. The maximum atomic E-state index is 12.3. The number of methoxy groups -OCH3 is 1. The van der Waals surface area contributed by atoms with Crippen molar-refractivity contribution in [3.05, 3.63) is 48.3 Å². The van der Waals surface area contributed by atoms with Gasteiger partial charge in [0.25, 0.3) is 5.91 Å². The van der Waals surface area contributed by atoms with Crippen LogP contribution in [0.5, 0.6) is 0 Å². The predicted molar refractivity (Wildman–Crippen MR) is 105 cm³/mol. The van der Waals surface area contributed by atoms with E-state index >= 15 is 0 Å². The molecule has 1 saturated heterocycles. The minimum Gasteiger partial charge on any atom is -0.383 e. The second-order valence-corrected chi connectivity index (χ2v) is 6.40. The van der Waals surface area contributed by atoms with Crippen LogP contribution in [0.2, 0.25) is 0 Å². The molecule has 26 heavy (non-hydrogen) atoms. The fraction of sp³-hybridized carbons (Fsp3) is 0.400. The van der Waals surface area contributed by atoms with Crippen molar-refractivity contribution in [2.24, 2.45) is 0 Å². The molecule has 1 aliphatic heterocycles. The molecule has 2 aromatic rings. The van der Waals surface area contributed by atoms with Gasteiger partial charge in [-0.3, -0.25) is 4.79 Å². The third kappa shape index (κ3) is 4.95. The average molecular weight is 354 g/mol. The Morgan fingerprint density at radius 3 is 2.46 bits per heavy atom. The Kier molecular flexibility index (Phi) is 6.44. The van der Waals surface area contributed by atoms with Crippen molar-refractivity contribution >= 4 is 23.0 Å². The van der Waals surface area contributed by atoms with Crippen molar-refractivity contribution < 1.29 is 9.53 Å². The molecule has 2 heterocycles. The molecule has 138 valence electrons. The second kappa shape index (κ2) is 9.20. The highest BCUT2D eigenvalue weighted by atomic mass is 16.5. The first-order valence-electron chi connectivity index (χ1n) is 9.11. The molecule has 1 aromatic heterocycles. The number of piperidine rings is 1. The molecular formula is C20H26N4O2. The van der Waals surface area contributed by atoms with Gasteiger partial charge in [-0.2, -0.15) is 0 Å². The number of carbonyl (C=O) groups is 1. The summed E-state index contributed by atoms with van der Waals surface area (Å²) in [6.45, 7) is 3.55. The standard InChI is InChI=1S/C20H26N4O2/c1-26-14-11-21-17-7-10-19(22-15-17)20(25)23-16-5-8-18(9-6-16)24-12-3-2-4-13-24/h5-10,15,21H,2-4,11-14H2,1H3,(H,23,25). The zero-order chi connectivity index (χ0) is 18.2. The summed E-state index contributed by atoms with van der Waals surface area (Å²) in [5, 5.41) is 6.07. The summed E-state index contributed by atoms with van der Waals surface area (Å²) in [4.78, 5) is 19.0. The zero-order valence-electron chi connectivity index (χ0n) is 15.2. The van der Waals surface area contributed by atoms with Crippen LogP contribution in [0, 0.1) is 0 Å². The van der Waals surface area contributed by atoms with E-state index in [4.69, 9.17) is 4.74 Å². The smallest absolute Gasteiger partial charge is 0.274 e. The Balaban J connectivity index is 1.55. The lowest BCUT2D eigenvalue weighted by Crippen LogP contribution is -2.29. The number of nitrogens with one attached hydrogen (secondary N) is 2. The molecule has 6 nitrogen and oxygen atoms in total. The molecule has 1 aromatic carbocycles. The fourth-order valence-corrected chi connectivity index (χ4v) is 3.03. The van der Waals surface area contributed by atoms with Crippen LogP contribution >= 0.6 is 0 Å². The maximum absolute atomic E-state index is 12.3. The Morgan fingerprint density at radius 1 is 1.08 bits per heavy atom. The van der Waals surface area contributed by atoms with Crippen LogP contribution in [0.1, 0.15) is 29.8 Å². The lowest BCUT2D eigenvalue weighted by molar-refractivity contribution is 0.102. The number of carbonyl (C=O) groups excluding carboxylic acids is 1. The molecule has 0 radical (unpaired) electrons. The summed E-state index contributed by atoms with van der Waals surface area (Å²) in [6.07, 6.45) is 5.48. The van der Waals surface area contributed by atoms with Crippen LogP contribution in [0.3, 0.4) is 0 Å². The number of ether oxygens (including phenoxy) is 1. The minimum atomic E-state index is -0.209. The maximum Gasteiger partial charge on any atom is 0.274 e. The third-order valence-corrected chi connectivity index (χ3v) is 4.48. The van der Waals surface area contributed by atoms with Gasteiger partial charge in [0, 0.05) is 38.1 Å². The highest BCUT2D eigenvalue weighted by Crippen LogP contribution is 2.22. The number of aromatic nitrogens is 1. The van der Waals surface area contributed by atoms with Gasteiger partial charge in [-0.05, 0) is 55.7 Å². The molecule has 3 rings (SSSR count). The molecule has 6 heteroatoms. The van der Waals surface area contributed by atoms with Gasteiger partial charge in [0.1, 0.15) is 5.69 Å². The van der Waals surface area contributed by atoms with E-state index in [1.807, 2.05) is 18.2 Å². The normalized spacial score (nSPS) is 14.1. The average Bonchev–Trinajstić information content (AvgIpc) is 2.70. The van der Waals surface area contributed by atoms with Gasteiger partial charge in [0.15, 0.2) is 0 Å². The molecule has 2 N–H and O–H groups in total. The molecule has 1 amide bonds. The Bertz CT molecular complexity index is 695. The highest BCUT2D eigenvalue weighted by molar-refractivity contribution is 6.03. The first-order valence-corrected chi connectivity index (χ1v) is 9.11. The monoisotopic (exact) mass is 354 g/mol. The Morgan fingerprint density at radius 2 is 1.81 bits per heavy atom. The number of anilines is 3. The van der Waals surface area contributed by atoms with E-state index in [0.29, 0.717) is 18.8 Å². The van der Waals surface area contributed by atoms with E-state index in [0.717, 1.165) is 24.5 Å². The quantitative estimate of drug-likeness (QED) is 0.746. The van der Waals surface area contributed by atoms with Crippen molar-refractivity contribution in [3.8, 4) is 0 Å². The zero-order valence-corrected chi connectivity index (χ0v) is 15.2. The summed E-state index contributed by atoms with van der Waals surface area (Å²) in [7, 11) is 1.66. The number of rotatable bonds is 7. The van der Waals surface area contributed by atoms with Crippen molar-refractivity contribution in [1.82, 2.24) is 4.98 Å². The van der Waals surface area contributed by atoms with Crippen LogP contribution in [-0.4, -0.2) is 44.2 Å². The number of amides is 1. The van der Waals surface area contributed by atoms with E-state index in [-0.39, 0.29) is 5.91 Å². The van der Waals surface area contributed by atoms with Crippen LogP contribution in [0.25, 0.3) is 0 Å². The van der Waals surface area contributed by atoms with E-state index in [2.05, 4.69) is 32.7 Å². The second-order valence-electron chi connectivity index (χ2n) is 6.40. The summed E-state index contributed by atoms with van der Waals surface area (Å²) < 4.78 is 4.99. The van der Waals surface area contributed by atoms with Crippen LogP contribution in [0.15, 0.2) is 42.6 Å². The SMILES string of the molecule is COCCNc1ccc(C(=O)Nc2ccc(N3CCCCC3)cc2)nc1. The van der Waals surface area contributed by atoms with Crippen molar-refractivity contribution in [2.75, 3.05) is 48.9 Å². The first kappa shape index (κ1) is 18.2. The Labute approximate surface area is 154 Å². The molecule has 0 spiro atoms. The summed E-state index contributed by atoms with van der Waals surface area (Å²) in [6, 6.07) is 11.6. The van der Waals surface area contributed by atoms with Crippen LogP contribution in [0.4, 0.5) is 17.1 Å². The number of nitrogens with zero attached hydrogens (tertiary/aromatic N) is 2. The molecule has 1 fully saturated rings. The van der Waals surface area contributed by atoms with Crippen LogP contribution in [-0.2, 0) is 4.74 Å². The molecule has 0 bridgehead atoms. The summed E-state index contributed by atoms with van der Waals surface area (Å²) in [5.41, 5.74) is 3.25. The molecule has 1 aliphatic rings. The summed E-state index contributed by atoms with van der Waals surface area (Å²) in [5.74, 6) is -0.209. The predicted octanol–water partition coefficient (Wildman–Crippen LogP) is 3.38. The molecule has 0 saturated carbocycles. The minimum absolute atomic E-state index is 0.209. The van der Waals surface area contributed by atoms with Gasteiger partial charge in [-0.15, -0.1) is 0 Å². The van der Waals surface area contributed by atoms with Gasteiger partial charge in [0.05, 0.1) is 18.5 Å². The third-order valence-electron chi connectivity index (χ3n) is 4.48. The van der Waals surface area contributed by atoms with E-state index in [9.17, 15) is 4.79 Å². The lowest BCUT2D eigenvalue weighted by atomic mass is 10.1. The van der Waals surface area contributed by atoms with E-state index in [1.54, 1.807) is 19.4 Å². The van der Waals surface area contributed by atoms with Gasteiger partial charge in [-0.25, -0.2) is 4.98 Å². The number of hydrogen-bond acceptors (Lipinski definition) is 5. The van der Waals surface area contributed by atoms with Crippen molar-refractivity contribution in [3.63, 3.8) is 0 Å². The van der Waals surface area contributed by atoms with Gasteiger partial charge in [-0.1, -0.05) is 0 Å². The van der Waals surface area contributed by atoms with Gasteiger partial charge < -0.3 is 20.3 Å².